The Kier molecular flexibility index (Phi) is 4.96. The first-order valence-corrected chi connectivity index (χ1v) is 6.70. The number of aromatic nitrogens is 1. The van der Waals surface area contributed by atoms with Crippen molar-refractivity contribution >= 4 is 0 Å². The number of hydrogen-bond acceptors (Lipinski definition) is 4. The predicted octanol–water partition coefficient (Wildman–Crippen LogP) is 2.31. The number of methoxy groups -OCH3 is 1. The molecule has 2 atom stereocenters. The summed E-state index contributed by atoms with van der Waals surface area (Å²) in [6.07, 6.45) is 5.33. The van der Waals surface area contributed by atoms with E-state index in [9.17, 15) is 0 Å². The fraction of sp³-hybridized carbons (Fsp3) is 0.643. The summed E-state index contributed by atoms with van der Waals surface area (Å²) in [6, 6.07) is 3.98. The van der Waals surface area contributed by atoms with Gasteiger partial charge in [0.05, 0.1) is 19.3 Å². The molecule has 2 rings (SSSR count). The molecule has 1 aromatic rings. The molecule has 0 radical (unpaired) electrons. The Morgan fingerprint density at radius 3 is 3.17 bits per heavy atom. The third kappa shape index (κ3) is 3.00. The van der Waals surface area contributed by atoms with Crippen molar-refractivity contribution in [3.05, 3.63) is 24.0 Å². The van der Waals surface area contributed by atoms with Gasteiger partial charge in [0.1, 0.15) is 11.4 Å². The Morgan fingerprint density at radius 1 is 1.61 bits per heavy atom. The van der Waals surface area contributed by atoms with Crippen LogP contribution in [-0.2, 0) is 4.74 Å². The number of hydrogen-bond donors (Lipinski definition) is 1. The molecule has 2 heterocycles. The Bertz CT molecular complexity index is 365. The van der Waals surface area contributed by atoms with E-state index < -0.39 is 0 Å². The molecule has 2 unspecified atom stereocenters. The second-order valence-corrected chi connectivity index (χ2v) is 4.57. The predicted molar refractivity (Wildman–Crippen MR) is 70.8 cm³/mol. The molecule has 1 aliphatic heterocycles. The summed E-state index contributed by atoms with van der Waals surface area (Å²) < 4.78 is 11.2. The van der Waals surface area contributed by atoms with Crippen molar-refractivity contribution in [3.8, 4) is 5.75 Å². The zero-order valence-corrected chi connectivity index (χ0v) is 11.2. The molecule has 0 aliphatic carbocycles. The van der Waals surface area contributed by atoms with Crippen molar-refractivity contribution in [2.45, 2.75) is 38.3 Å². The van der Waals surface area contributed by atoms with Gasteiger partial charge in [-0.15, -0.1) is 0 Å². The quantitative estimate of drug-likeness (QED) is 0.841. The van der Waals surface area contributed by atoms with Crippen molar-refractivity contribution in [1.82, 2.24) is 10.3 Å². The van der Waals surface area contributed by atoms with Crippen LogP contribution in [-0.4, -0.2) is 31.3 Å². The van der Waals surface area contributed by atoms with Gasteiger partial charge < -0.3 is 14.8 Å². The minimum absolute atomic E-state index is 0.128. The van der Waals surface area contributed by atoms with Gasteiger partial charge in [-0.25, -0.2) is 0 Å². The van der Waals surface area contributed by atoms with E-state index in [1.165, 1.54) is 0 Å². The number of nitrogens with one attached hydrogen (secondary N) is 1. The van der Waals surface area contributed by atoms with E-state index in [0.29, 0.717) is 0 Å². The highest BCUT2D eigenvalue weighted by molar-refractivity contribution is 5.30. The van der Waals surface area contributed by atoms with E-state index >= 15 is 0 Å². The standard InChI is InChI=1S/C14H22N2O2/c1-3-8-15-14(12-7-5-10-18-12)13-11(17-2)6-4-9-16-13/h4,6,9,12,14-15H,3,5,7-8,10H2,1-2H3. The largest absolute Gasteiger partial charge is 0.495 e. The average Bonchev–Trinajstić information content (AvgIpc) is 2.94. The van der Waals surface area contributed by atoms with Gasteiger partial charge in [0.2, 0.25) is 0 Å². The highest BCUT2D eigenvalue weighted by Gasteiger charge is 2.29. The van der Waals surface area contributed by atoms with Crippen LogP contribution in [0.2, 0.25) is 0 Å². The second-order valence-electron chi connectivity index (χ2n) is 4.57. The van der Waals surface area contributed by atoms with Gasteiger partial charge in [0.25, 0.3) is 0 Å². The summed E-state index contributed by atoms with van der Waals surface area (Å²) >= 11 is 0. The van der Waals surface area contributed by atoms with Crippen LogP contribution >= 0.6 is 0 Å². The van der Waals surface area contributed by atoms with Crippen LogP contribution in [0.4, 0.5) is 0 Å². The van der Waals surface area contributed by atoms with Crippen LogP contribution < -0.4 is 10.1 Å². The van der Waals surface area contributed by atoms with Crippen molar-refractivity contribution < 1.29 is 9.47 Å². The molecule has 4 heteroatoms. The summed E-state index contributed by atoms with van der Waals surface area (Å²) in [6.45, 7) is 3.98. The lowest BCUT2D eigenvalue weighted by Crippen LogP contribution is -2.33. The molecule has 0 spiro atoms. The third-order valence-electron chi connectivity index (χ3n) is 3.27. The van der Waals surface area contributed by atoms with Crippen molar-refractivity contribution in [1.29, 1.82) is 0 Å². The number of nitrogens with zero attached hydrogens (tertiary/aromatic N) is 1. The Morgan fingerprint density at radius 2 is 2.50 bits per heavy atom. The number of rotatable bonds is 6. The molecular weight excluding hydrogens is 228 g/mol. The van der Waals surface area contributed by atoms with Gasteiger partial charge in [0.15, 0.2) is 0 Å². The highest BCUT2D eigenvalue weighted by atomic mass is 16.5. The molecule has 0 saturated carbocycles. The highest BCUT2D eigenvalue weighted by Crippen LogP contribution is 2.30. The van der Waals surface area contributed by atoms with Crippen LogP contribution in [0, 0.1) is 0 Å². The maximum atomic E-state index is 5.81. The molecule has 18 heavy (non-hydrogen) atoms. The molecule has 1 aromatic heterocycles. The third-order valence-corrected chi connectivity index (χ3v) is 3.27. The number of pyridine rings is 1. The van der Waals surface area contributed by atoms with Crippen molar-refractivity contribution in [2.75, 3.05) is 20.3 Å². The minimum Gasteiger partial charge on any atom is -0.495 e. The summed E-state index contributed by atoms with van der Waals surface area (Å²) in [5.41, 5.74) is 0.959. The molecule has 1 N–H and O–H groups in total. The Labute approximate surface area is 109 Å². The summed E-state index contributed by atoms with van der Waals surface area (Å²) in [7, 11) is 1.69. The Hall–Kier alpha value is -1.13. The van der Waals surface area contributed by atoms with E-state index in [0.717, 1.165) is 43.9 Å². The van der Waals surface area contributed by atoms with Gasteiger partial charge >= 0.3 is 0 Å². The van der Waals surface area contributed by atoms with Gasteiger partial charge in [-0.3, -0.25) is 4.98 Å². The fourth-order valence-corrected chi connectivity index (χ4v) is 2.38. The van der Waals surface area contributed by atoms with Gasteiger partial charge in [-0.2, -0.15) is 0 Å². The van der Waals surface area contributed by atoms with E-state index in [-0.39, 0.29) is 12.1 Å². The summed E-state index contributed by atoms with van der Waals surface area (Å²) in [5.74, 6) is 0.835. The summed E-state index contributed by atoms with van der Waals surface area (Å²) in [5, 5.41) is 3.53. The molecule has 0 aromatic carbocycles. The van der Waals surface area contributed by atoms with Gasteiger partial charge in [-0.1, -0.05) is 6.92 Å². The molecule has 4 nitrogen and oxygen atoms in total. The first-order chi connectivity index (χ1) is 8.86. The van der Waals surface area contributed by atoms with Crippen molar-refractivity contribution in [3.63, 3.8) is 0 Å². The average molecular weight is 250 g/mol. The molecular formula is C14H22N2O2. The zero-order valence-electron chi connectivity index (χ0n) is 11.2. The lowest BCUT2D eigenvalue weighted by atomic mass is 10.0. The summed E-state index contributed by atoms with van der Waals surface area (Å²) in [4.78, 5) is 4.48. The van der Waals surface area contributed by atoms with Crippen LogP contribution in [0.5, 0.6) is 5.75 Å². The lowest BCUT2D eigenvalue weighted by molar-refractivity contribution is 0.0761. The van der Waals surface area contributed by atoms with Gasteiger partial charge in [-0.05, 0) is 37.9 Å². The topological polar surface area (TPSA) is 43.4 Å². The van der Waals surface area contributed by atoms with E-state index in [4.69, 9.17) is 9.47 Å². The van der Waals surface area contributed by atoms with Crippen molar-refractivity contribution in [2.24, 2.45) is 0 Å². The SMILES string of the molecule is CCCNC(c1ncccc1OC)C1CCCO1. The van der Waals surface area contributed by atoms with Gasteiger partial charge in [0, 0.05) is 12.8 Å². The normalized spacial score (nSPS) is 20.9. The minimum atomic E-state index is 0.128. The number of ether oxygens (including phenoxy) is 2. The first kappa shape index (κ1) is 13.3. The van der Waals surface area contributed by atoms with Crippen LogP contribution in [0.1, 0.15) is 37.9 Å². The maximum Gasteiger partial charge on any atom is 0.142 e. The first-order valence-electron chi connectivity index (χ1n) is 6.70. The molecule has 1 saturated heterocycles. The smallest absolute Gasteiger partial charge is 0.142 e. The second kappa shape index (κ2) is 6.71. The monoisotopic (exact) mass is 250 g/mol. The molecule has 0 bridgehead atoms. The van der Waals surface area contributed by atoms with E-state index in [1.54, 1.807) is 7.11 Å². The zero-order chi connectivity index (χ0) is 12.8. The van der Waals surface area contributed by atoms with Crippen LogP contribution in [0.25, 0.3) is 0 Å². The molecule has 1 aliphatic rings. The van der Waals surface area contributed by atoms with E-state index in [1.807, 2.05) is 18.3 Å². The van der Waals surface area contributed by atoms with Crippen LogP contribution in [0.15, 0.2) is 18.3 Å². The Balaban J connectivity index is 2.20. The molecule has 0 amide bonds. The molecule has 1 fully saturated rings. The van der Waals surface area contributed by atoms with E-state index in [2.05, 4.69) is 17.2 Å². The van der Waals surface area contributed by atoms with Crippen LogP contribution in [0.3, 0.4) is 0 Å². The molecule has 100 valence electrons. The maximum absolute atomic E-state index is 5.81. The lowest BCUT2D eigenvalue weighted by Gasteiger charge is -2.25. The fourth-order valence-electron chi connectivity index (χ4n) is 2.38.